The Morgan fingerprint density at radius 1 is 0.564 bits per heavy atom. The predicted molar refractivity (Wildman–Crippen MR) is 168 cm³/mol. The fourth-order valence-corrected chi connectivity index (χ4v) is 8.61. The van der Waals surface area contributed by atoms with Crippen molar-refractivity contribution in [1.82, 2.24) is 14.5 Å². The average molecular weight is 534 g/mol. The molecule has 0 saturated carbocycles. The van der Waals surface area contributed by atoms with Gasteiger partial charge in [0.25, 0.3) is 0 Å². The highest BCUT2D eigenvalue weighted by atomic mass is 32.1. The van der Waals surface area contributed by atoms with Crippen molar-refractivity contribution in [2.24, 2.45) is 0 Å². The third-order valence-electron chi connectivity index (χ3n) is 7.75. The summed E-state index contributed by atoms with van der Waals surface area (Å²) in [6.07, 6.45) is 3.63. The van der Waals surface area contributed by atoms with Crippen molar-refractivity contribution in [3.8, 4) is 16.8 Å². The number of thiophene rings is 2. The molecule has 0 aliphatic heterocycles. The Balaban J connectivity index is 1.50. The molecule has 0 atom stereocenters. The monoisotopic (exact) mass is 533 g/mol. The number of fused-ring (bicyclic) bond motifs is 12. The molecule has 0 N–H and O–H groups in total. The zero-order chi connectivity index (χ0) is 25.5. The minimum absolute atomic E-state index is 1.05. The Labute approximate surface area is 231 Å². The molecule has 0 fully saturated rings. The van der Waals surface area contributed by atoms with Crippen LogP contribution in [0.3, 0.4) is 0 Å². The fraction of sp³-hybridized carbons (Fsp3) is 0. The second-order valence-electron chi connectivity index (χ2n) is 9.83. The van der Waals surface area contributed by atoms with Crippen molar-refractivity contribution in [3.63, 3.8) is 0 Å². The topological polar surface area (TPSA) is 30.7 Å². The summed E-state index contributed by atoms with van der Waals surface area (Å²) in [6, 6.07) is 37.2. The molecule has 0 radical (unpaired) electrons. The number of hydrogen-bond acceptors (Lipinski definition) is 4. The summed E-state index contributed by atoms with van der Waals surface area (Å²) in [5, 5.41) is 6.42. The standard InChI is InChI=1S/C34H19N3S2/c1-2-8-20(9-3-1)21-14-16-22(17-15-21)37-25-12-6-4-10-23(25)28-32(37)29-24-11-5-7-13-26(24)38-34(29)30-31-27(39-33(28)30)18-35-19-36-31/h1-19H. The van der Waals surface area contributed by atoms with Crippen molar-refractivity contribution < 1.29 is 0 Å². The summed E-state index contributed by atoms with van der Waals surface area (Å²) in [5.41, 5.74) is 7.14. The number of para-hydroxylation sites is 1. The van der Waals surface area contributed by atoms with E-state index >= 15 is 0 Å². The number of nitrogens with zero attached hydrogens (tertiary/aromatic N) is 3. The van der Waals surface area contributed by atoms with Crippen LogP contribution < -0.4 is 0 Å². The van der Waals surface area contributed by atoms with Crippen molar-refractivity contribution >= 4 is 85.0 Å². The van der Waals surface area contributed by atoms with Crippen molar-refractivity contribution in [2.45, 2.75) is 0 Å². The predicted octanol–water partition coefficient (Wildman–Crippen LogP) is 9.98. The lowest BCUT2D eigenvalue weighted by molar-refractivity contribution is 1.19. The maximum Gasteiger partial charge on any atom is 0.116 e. The zero-order valence-corrected chi connectivity index (χ0v) is 22.3. The number of rotatable bonds is 2. The molecule has 5 heteroatoms. The minimum Gasteiger partial charge on any atom is -0.309 e. The van der Waals surface area contributed by atoms with E-state index in [1.807, 2.05) is 28.9 Å². The molecular formula is C34H19N3S2. The van der Waals surface area contributed by atoms with Crippen LogP contribution in [-0.2, 0) is 0 Å². The maximum atomic E-state index is 4.78. The highest BCUT2D eigenvalue weighted by Gasteiger charge is 2.24. The summed E-state index contributed by atoms with van der Waals surface area (Å²) in [5.74, 6) is 0. The van der Waals surface area contributed by atoms with E-state index in [1.165, 1.54) is 63.2 Å². The summed E-state index contributed by atoms with van der Waals surface area (Å²) < 4.78 is 7.48. The lowest BCUT2D eigenvalue weighted by Gasteiger charge is -2.11. The van der Waals surface area contributed by atoms with E-state index in [-0.39, 0.29) is 0 Å². The van der Waals surface area contributed by atoms with Crippen molar-refractivity contribution in [2.75, 3.05) is 0 Å². The Bertz CT molecular complexity index is 2350. The smallest absolute Gasteiger partial charge is 0.116 e. The number of benzene rings is 5. The van der Waals surface area contributed by atoms with Crippen LogP contribution in [0, 0.1) is 0 Å². The van der Waals surface area contributed by atoms with E-state index in [1.54, 1.807) is 6.33 Å². The first kappa shape index (κ1) is 21.4. The molecule has 0 aliphatic rings. The van der Waals surface area contributed by atoms with Crippen LogP contribution in [0.4, 0.5) is 0 Å². The van der Waals surface area contributed by atoms with E-state index in [2.05, 4.69) is 113 Å². The van der Waals surface area contributed by atoms with Crippen LogP contribution in [0.25, 0.3) is 79.1 Å². The molecule has 182 valence electrons. The van der Waals surface area contributed by atoms with Gasteiger partial charge in [0.15, 0.2) is 0 Å². The molecule has 3 nitrogen and oxygen atoms in total. The molecular weight excluding hydrogens is 515 g/mol. The van der Waals surface area contributed by atoms with Crippen LogP contribution in [0.5, 0.6) is 0 Å². The van der Waals surface area contributed by atoms with Gasteiger partial charge in [-0.25, -0.2) is 9.97 Å². The number of hydrogen-bond donors (Lipinski definition) is 0. The zero-order valence-electron chi connectivity index (χ0n) is 20.6. The third-order valence-corrected chi connectivity index (χ3v) is 10.1. The van der Waals surface area contributed by atoms with Crippen LogP contribution in [0.15, 0.2) is 116 Å². The molecule has 0 bridgehead atoms. The van der Waals surface area contributed by atoms with Crippen LogP contribution in [0.2, 0.25) is 0 Å². The van der Waals surface area contributed by atoms with Gasteiger partial charge in [-0.3, -0.25) is 0 Å². The Morgan fingerprint density at radius 2 is 1.23 bits per heavy atom. The maximum absolute atomic E-state index is 4.78. The average Bonchev–Trinajstić information content (AvgIpc) is 3.67. The van der Waals surface area contributed by atoms with E-state index in [0.29, 0.717) is 0 Å². The first-order chi connectivity index (χ1) is 19.4. The second kappa shape index (κ2) is 7.96. The van der Waals surface area contributed by atoms with Gasteiger partial charge in [-0.1, -0.05) is 78.9 Å². The normalized spacial score (nSPS) is 12.1. The Kier molecular flexibility index (Phi) is 4.36. The lowest BCUT2D eigenvalue weighted by Crippen LogP contribution is -1.94. The second-order valence-corrected chi connectivity index (χ2v) is 11.9. The van der Waals surface area contributed by atoms with Gasteiger partial charge < -0.3 is 4.57 Å². The Morgan fingerprint density at radius 3 is 2.08 bits per heavy atom. The highest BCUT2D eigenvalue weighted by molar-refractivity contribution is 7.30. The molecule has 5 aromatic carbocycles. The molecule has 0 spiro atoms. The van der Waals surface area contributed by atoms with Crippen LogP contribution >= 0.6 is 22.7 Å². The van der Waals surface area contributed by atoms with E-state index in [4.69, 9.17) is 4.98 Å². The van der Waals surface area contributed by atoms with Gasteiger partial charge in [0.1, 0.15) is 6.33 Å². The number of aromatic nitrogens is 3. The van der Waals surface area contributed by atoms with E-state index < -0.39 is 0 Å². The molecule has 9 rings (SSSR count). The van der Waals surface area contributed by atoms with Gasteiger partial charge >= 0.3 is 0 Å². The molecule has 9 aromatic rings. The summed E-state index contributed by atoms with van der Waals surface area (Å²) in [6.45, 7) is 0. The van der Waals surface area contributed by atoms with Gasteiger partial charge in [0.05, 0.1) is 21.3 Å². The fourth-order valence-electron chi connectivity index (χ4n) is 6.10. The van der Waals surface area contributed by atoms with Crippen molar-refractivity contribution in [3.05, 3.63) is 116 Å². The van der Waals surface area contributed by atoms with Gasteiger partial charge in [-0.05, 0) is 35.4 Å². The van der Waals surface area contributed by atoms with Crippen LogP contribution in [0.1, 0.15) is 0 Å². The largest absolute Gasteiger partial charge is 0.309 e. The quantitative estimate of drug-likeness (QED) is 0.221. The van der Waals surface area contributed by atoms with Crippen molar-refractivity contribution in [1.29, 1.82) is 0 Å². The summed E-state index contributed by atoms with van der Waals surface area (Å²) in [4.78, 5) is 9.14. The Hall–Kier alpha value is -4.58. The molecule has 4 heterocycles. The van der Waals surface area contributed by atoms with Gasteiger partial charge in [0, 0.05) is 52.9 Å². The third kappa shape index (κ3) is 2.91. The molecule has 39 heavy (non-hydrogen) atoms. The highest BCUT2D eigenvalue weighted by Crippen LogP contribution is 2.51. The molecule has 4 aromatic heterocycles. The first-order valence-electron chi connectivity index (χ1n) is 12.9. The molecule has 0 aliphatic carbocycles. The van der Waals surface area contributed by atoms with E-state index in [0.717, 1.165) is 15.9 Å². The summed E-state index contributed by atoms with van der Waals surface area (Å²) in [7, 11) is 0. The van der Waals surface area contributed by atoms with Gasteiger partial charge in [0.2, 0.25) is 0 Å². The lowest BCUT2D eigenvalue weighted by atomic mass is 10.0. The molecule has 0 saturated heterocycles. The summed E-state index contributed by atoms with van der Waals surface area (Å²) >= 11 is 3.68. The molecule has 0 unspecified atom stereocenters. The van der Waals surface area contributed by atoms with Gasteiger partial charge in [-0.2, -0.15) is 0 Å². The minimum atomic E-state index is 1.05. The molecule has 0 amide bonds. The van der Waals surface area contributed by atoms with Gasteiger partial charge in [-0.15, -0.1) is 22.7 Å². The van der Waals surface area contributed by atoms with Crippen LogP contribution in [-0.4, -0.2) is 14.5 Å². The van der Waals surface area contributed by atoms with E-state index in [9.17, 15) is 0 Å². The first-order valence-corrected chi connectivity index (χ1v) is 14.5. The SMILES string of the molecule is c1ccc(-c2ccc(-n3c4ccccc4c4c5sc6cncnc6c5c5sc6ccccc6c5c43)cc2)cc1.